The Labute approximate surface area is 125 Å². The van der Waals surface area contributed by atoms with Crippen LogP contribution in [0.4, 0.5) is 0 Å². The first-order chi connectivity index (χ1) is 8.99. The van der Waals surface area contributed by atoms with Crippen molar-refractivity contribution in [3.05, 3.63) is 41.5 Å². The normalized spacial score (nSPS) is 15.3. The van der Waals surface area contributed by atoms with Gasteiger partial charge in [0, 0.05) is 6.08 Å². The van der Waals surface area contributed by atoms with E-state index in [1.165, 1.54) is 5.01 Å². The highest BCUT2D eigenvalue weighted by Gasteiger charge is 2.32. The molecule has 0 atom stereocenters. The molecule has 2 rings (SSSR count). The number of alkyl halides is 3. The van der Waals surface area contributed by atoms with Crippen LogP contribution in [0.25, 0.3) is 6.08 Å². The number of halogens is 3. The standard InChI is InChI=1S/C12H8Cl3N3O/c13-12(14,15)18-8-19-11(17-18)6-5-9-1-3-10(7-16)4-2-9/h1-6H,8H2. The Balaban J connectivity index is 2.05. The summed E-state index contributed by atoms with van der Waals surface area (Å²) in [5.41, 5.74) is 1.52. The van der Waals surface area contributed by atoms with Gasteiger partial charge in [-0.3, -0.25) is 0 Å². The molecule has 0 unspecified atom stereocenters. The minimum atomic E-state index is -1.62. The van der Waals surface area contributed by atoms with Gasteiger partial charge in [-0.2, -0.15) is 5.26 Å². The third-order valence-corrected chi connectivity index (χ3v) is 2.89. The summed E-state index contributed by atoms with van der Waals surface area (Å²) >= 11 is 17.0. The van der Waals surface area contributed by atoms with Crippen molar-refractivity contribution in [1.29, 1.82) is 5.26 Å². The van der Waals surface area contributed by atoms with E-state index in [1.54, 1.807) is 24.3 Å². The van der Waals surface area contributed by atoms with Crippen LogP contribution < -0.4 is 0 Å². The zero-order valence-electron chi connectivity index (χ0n) is 9.55. The smallest absolute Gasteiger partial charge is 0.285 e. The Hall–Kier alpha value is -1.41. The molecule has 0 saturated heterocycles. The molecule has 1 aromatic rings. The Morgan fingerprint density at radius 2 is 1.95 bits per heavy atom. The van der Waals surface area contributed by atoms with E-state index >= 15 is 0 Å². The van der Waals surface area contributed by atoms with E-state index in [9.17, 15) is 0 Å². The molecule has 0 aromatic heterocycles. The van der Waals surface area contributed by atoms with Gasteiger partial charge in [0.1, 0.15) is 0 Å². The fourth-order valence-electron chi connectivity index (χ4n) is 1.35. The number of benzene rings is 1. The molecule has 1 aliphatic rings. The second-order valence-electron chi connectivity index (χ2n) is 3.65. The van der Waals surface area contributed by atoms with Crippen LogP contribution in [0.3, 0.4) is 0 Å². The van der Waals surface area contributed by atoms with Crippen molar-refractivity contribution in [2.45, 2.75) is 3.92 Å². The van der Waals surface area contributed by atoms with Crippen LogP contribution in [0.2, 0.25) is 0 Å². The molecule has 0 N–H and O–H groups in total. The second-order valence-corrected chi connectivity index (χ2v) is 5.87. The molecule has 1 heterocycles. The van der Waals surface area contributed by atoms with Gasteiger partial charge in [-0.1, -0.05) is 46.9 Å². The molecule has 1 aliphatic heterocycles. The highest BCUT2D eigenvalue weighted by atomic mass is 35.6. The predicted molar refractivity (Wildman–Crippen MR) is 75.7 cm³/mol. The number of hydrazone groups is 1. The van der Waals surface area contributed by atoms with Gasteiger partial charge in [0.15, 0.2) is 6.73 Å². The van der Waals surface area contributed by atoms with E-state index in [4.69, 9.17) is 44.8 Å². The average Bonchev–Trinajstić information content (AvgIpc) is 2.86. The number of hydrogen-bond donors (Lipinski definition) is 0. The predicted octanol–water partition coefficient (Wildman–Crippen LogP) is 3.50. The third kappa shape index (κ3) is 3.77. The first-order valence-electron chi connectivity index (χ1n) is 5.23. The molecule has 0 radical (unpaired) electrons. The lowest BCUT2D eigenvalue weighted by atomic mass is 10.1. The fourth-order valence-corrected chi connectivity index (χ4v) is 1.61. The van der Waals surface area contributed by atoms with E-state index < -0.39 is 3.92 Å². The van der Waals surface area contributed by atoms with E-state index in [1.807, 2.05) is 12.1 Å². The van der Waals surface area contributed by atoms with Crippen LogP contribution >= 0.6 is 34.8 Å². The number of rotatable bonds is 2. The average molecular weight is 317 g/mol. The molecular weight excluding hydrogens is 309 g/mol. The quantitative estimate of drug-likeness (QED) is 0.620. The van der Waals surface area contributed by atoms with Crippen LogP contribution in [0.15, 0.2) is 35.4 Å². The highest BCUT2D eigenvalue weighted by molar-refractivity contribution is 6.67. The van der Waals surface area contributed by atoms with Gasteiger partial charge in [0.2, 0.25) is 5.90 Å². The van der Waals surface area contributed by atoms with Crippen LogP contribution in [-0.2, 0) is 4.74 Å². The lowest BCUT2D eigenvalue weighted by Gasteiger charge is -2.19. The van der Waals surface area contributed by atoms with Gasteiger partial charge in [0.05, 0.1) is 11.6 Å². The van der Waals surface area contributed by atoms with Crippen molar-refractivity contribution < 1.29 is 4.74 Å². The SMILES string of the molecule is N#Cc1ccc(C=CC2=NN(C(Cl)(Cl)Cl)CO2)cc1. The van der Waals surface area contributed by atoms with Crippen molar-refractivity contribution in [3.8, 4) is 6.07 Å². The fraction of sp³-hybridized carbons (Fsp3) is 0.167. The van der Waals surface area contributed by atoms with E-state index in [0.717, 1.165) is 5.56 Å². The topological polar surface area (TPSA) is 48.6 Å². The summed E-state index contributed by atoms with van der Waals surface area (Å²) in [4.78, 5) is 0. The zero-order chi connectivity index (χ0) is 13.9. The second kappa shape index (κ2) is 5.70. The number of hydrogen-bond acceptors (Lipinski definition) is 4. The maximum atomic E-state index is 8.69. The van der Waals surface area contributed by atoms with Crippen molar-refractivity contribution in [3.63, 3.8) is 0 Å². The lowest BCUT2D eigenvalue weighted by Crippen LogP contribution is -2.28. The molecular formula is C12H8Cl3N3O. The minimum Gasteiger partial charge on any atom is -0.454 e. The van der Waals surface area contributed by atoms with E-state index in [0.29, 0.717) is 11.5 Å². The van der Waals surface area contributed by atoms with Crippen molar-refractivity contribution >= 4 is 46.8 Å². The molecule has 0 spiro atoms. The highest BCUT2D eigenvalue weighted by Crippen LogP contribution is 2.32. The summed E-state index contributed by atoms with van der Waals surface area (Å²) < 4.78 is 3.62. The van der Waals surface area contributed by atoms with Gasteiger partial charge in [-0.25, -0.2) is 5.01 Å². The van der Waals surface area contributed by atoms with Gasteiger partial charge in [-0.05, 0) is 23.8 Å². The summed E-state index contributed by atoms with van der Waals surface area (Å²) in [7, 11) is 0. The Morgan fingerprint density at radius 3 is 2.47 bits per heavy atom. The molecule has 0 bridgehead atoms. The molecule has 0 aliphatic carbocycles. The number of nitrogens with zero attached hydrogens (tertiary/aromatic N) is 3. The summed E-state index contributed by atoms with van der Waals surface area (Å²) in [5.74, 6) is 0.357. The monoisotopic (exact) mass is 315 g/mol. The Morgan fingerprint density at radius 1 is 1.26 bits per heavy atom. The van der Waals surface area contributed by atoms with Crippen LogP contribution in [0.5, 0.6) is 0 Å². The Bertz CT molecular complexity index is 555. The minimum absolute atomic E-state index is 0.0868. The molecule has 0 saturated carbocycles. The van der Waals surface area contributed by atoms with Crippen molar-refractivity contribution in [1.82, 2.24) is 5.01 Å². The zero-order valence-corrected chi connectivity index (χ0v) is 11.8. The van der Waals surface area contributed by atoms with Gasteiger partial charge >= 0.3 is 0 Å². The van der Waals surface area contributed by atoms with Crippen molar-refractivity contribution in [2.75, 3.05) is 6.73 Å². The first-order valence-corrected chi connectivity index (χ1v) is 6.36. The molecule has 1 aromatic carbocycles. The van der Waals surface area contributed by atoms with Crippen LogP contribution in [0.1, 0.15) is 11.1 Å². The summed E-state index contributed by atoms with van der Waals surface area (Å²) in [5, 5.41) is 13.9. The Kier molecular flexibility index (Phi) is 4.20. The maximum absolute atomic E-state index is 8.69. The van der Waals surface area contributed by atoms with E-state index in [-0.39, 0.29) is 6.73 Å². The molecule has 4 nitrogen and oxygen atoms in total. The van der Waals surface area contributed by atoms with Crippen LogP contribution in [-0.4, -0.2) is 21.6 Å². The molecule has 7 heteroatoms. The van der Waals surface area contributed by atoms with Crippen LogP contribution in [0, 0.1) is 11.3 Å². The first kappa shape index (κ1) is 14.0. The van der Waals surface area contributed by atoms with Gasteiger partial charge in [0.25, 0.3) is 3.92 Å². The lowest BCUT2D eigenvalue weighted by molar-refractivity contribution is 0.168. The van der Waals surface area contributed by atoms with Gasteiger partial charge in [-0.15, -0.1) is 5.10 Å². The maximum Gasteiger partial charge on any atom is 0.285 e. The summed E-state index contributed by atoms with van der Waals surface area (Å²) in [6, 6.07) is 9.14. The van der Waals surface area contributed by atoms with Gasteiger partial charge < -0.3 is 4.74 Å². The summed E-state index contributed by atoms with van der Waals surface area (Å²) in [6.45, 7) is 0.0868. The molecule has 19 heavy (non-hydrogen) atoms. The number of nitriles is 1. The van der Waals surface area contributed by atoms with E-state index in [2.05, 4.69) is 11.2 Å². The largest absolute Gasteiger partial charge is 0.454 e. The third-order valence-electron chi connectivity index (χ3n) is 2.30. The van der Waals surface area contributed by atoms with Crippen molar-refractivity contribution in [2.24, 2.45) is 5.10 Å². The summed E-state index contributed by atoms with van der Waals surface area (Å²) in [6.07, 6.45) is 3.46. The molecule has 0 amide bonds. The number of ether oxygens (including phenoxy) is 1. The molecule has 98 valence electrons. The molecule has 0 fully saturated rings.